The van der Waals surface area contributed by atoms with E-state index < -0.39 is 10.8 Å². The zero-order chi connectivity index (χ0) is 50.0. The SMILES string of the molecule is c1ccc(-c2nc(-n3c4ccccc4c4cc5c(cc43)-c3ccccc3C5(c3ccccc3)c3ccccc3)cc(-n3c4ccccc4c4cc5c(cc43)-c3ccccc3C5(c3ccccc3)c3ccccc3)n2)cc1. The molecule has 0 saturated carbocycles. The van der Waals surface area contributed by atoms with Gasteiger partial charge in [-0.25, -0.2) is 9.97 Å². The third-order valence-corrected chi connectivity index (χ3v) is 16.7. The lowest BCUT2D eigenvalue weighted by Gasteiger charge is -2.34. The quantitative estimate of drug-likeness (QED) is 0.160. The maximum atomic E-state index is 5.59. The third-order valence-electron chi connectivity index (χ3n) is 16.7. The minimum Gasteiger partial charge on any atom is -0.294 e. The van der Waals surface area contributed by atoms with Crippen LogP contribution in [-0.4, -0.2) is 19.1 Å². The number of hydrogen-bond donors (Lipinski definition) is 0. The lowest BCUT2D eigenvalue weighted by atomic mass is 9.67. The predicted molar refractivity (Wildman–Crippen MR) is 311 cm³/mol. The molecule has 76 heavy (non-hydrogen) atoms. The normalized spacial score (nSPS) is 13.7. The summed E-state index contributed by atoms with van der Waals surface area (Å²) in [6, 6.07) is 102. The Bertz CT molecular complexity index is 4260. The zero-order valence-corrected chi connectivity index (χ0v) is 41.3. The molecule has 0 radical (unpaired) electrons. The first-order chi connectivity index (χ1) is 37.7. The van der Waals surface area contributed by atoms with Gasteiger partial charge < -0.3 is 0 Å². The standard InChI is InChI=1S/C72H46N4/c1-6-24-47(25-7-1)70-73-68(75-64-40-22-18-36-54(64)58-42-62-56(44-66(58)75)52-34-16-20-38-60(52)71(62,48-26-8-2-9-27-48)49-28-10-3-11-29-49)46-69(74-70)76-65-41-23-19-37-55(65)59-43-63-57(45-67(59)76)53-35-17-21-39-61(53)72(63,50-30-12-4-13-31-50)51-32-14-5-15-33-51/h1-46H. The molecule has 0 spiro atoms. The van der Waals surface area contributed by atoms with Crippen molar-refractivity contribution in [2.75, 3.05) is 0 Å². The van der Waals surface area contributed by atoms with E-state index in [4.69, 9.17) is 9.97 Å². The Kier molecular flexibility index (Phi) is 9.13. The van der Waals surface area contributed by atoms with E-state index in [1.807, 2.05) is 0 Å². The number of fused-ring (bicyclic) bond motifs is 12. The van der Waals surface area contributed by atoms with Crippen LogP contribution in [0.2, 0.25) is 0 Å². The van der Waals surface area contributed by atoms with Crippen LogP contribution < -0.4 is 0 Å². The van der Waals surface area contributed by atoms with Gasteiger partial charge in [0.25, 0.3) is 0 Å². The van der Waals surface area contributed by atoms with Gasteiger partial charge in [0.05, 0.1) is 32.9 Å². The molecular weight excluding hydrogens is 921 g/mol. The molecule has 3 heterocycles. The first-order valence-corrected chi connectivity index (χ1v) is 26.2. The maximum Gasteiger partial charge on any atom is 0.163 e. The number of hydrogen-bond acceptors (Lipinski definition) is 2. The van der Waals surface area contributed by atoms with Crippen LogP contribution in [0.15, 0.2) is 279 Å². The summed E-state index contributed by atoms with van der Waals surface area (Å²) in [4.78, 5) is 11.2. The van der Waals surface area contributed by atoms with E-state index in [1.54, 1.807) is 0 Å². The van der Waals surface area contributed by atoms with Crippen molar-refractivity contribution in [3.8, 4) is 45.3 Å². The number of rotatable bonds is 7. The average molecular weight is 967 g/mol. The summed E-state index contributed by atoms with van der Waals surface area (Å²) in [5, 5.41) is 4.68. The van der Waals surface area contributed by atoms with Gasteiger partial charge >= 0.3 is 0 Å². The van der Waals surface area contributed by atoms with Crippen LogP contribution in [0.4, 0.5) is 0 Å². The Morgan fingerprint density at radius 2 is 0.592 bits per heavy atom. The minimum atomic E-state index is -0.534. The first kappa shape index (κ1) is 42.6. The van der Waals surface area contributed by atoms with Gasteiger partial charge in [-0.3, -0.25) is 9.13 Å². The Morgan fingerprint density at radius 3 is 1.00 bits per heavy atom. The molecule has 0 amide bonds. The van der Waals surface area contributed by atoms with Crippen LogP contribution in [0.3, 0.4) is 0 Å². The molecule has 2 aliphatic rings. The zero-order valence-electron chi connectivity index (χ0n) is 41.3. The second kappa shape index (κ2) is 16.3. The van der Waals surface area contributed by atoms with Crippen LogP contribution in [0, 0.1) is 0 Å². The van der Waals surface area contributed by atoms with E-state index in [-0.39, 0.29) is 0 Å². The van der Waals surface area contributed by atoms with Gasteiger partial charge in [0, 0.05) is 33.2 Å². The molecule has 2 aliphatic carbocycles. The molecule has 3 aromatic heterocycles. The smallest absolute Gasteiger partial charge is 0.163 e. The highest BCUT2D eigenvalue weighted by molar-refractivity contribution is 6.13. The summed E-state index contributed by atoms with van der Waals surface area (Å²) >= 11 is 0. The molecule has 0 bridgehead atoms. The van der Waals surface area contributed by atoms with Gasteiger partial charge in [0.1, 0.15) is 11.6 Å². The van der Waals surface area contributed by atoms with Crippen LogP contribution in [0.5, 0.6) is 0 Å². The molecule has 14 aromatic rings. The fraction of sp³-hybridized carbons (Fsp3) is 0.0278. The average Bonchev–Trinajstić information content (AvgIpc) is 4.39. The lowest BCUT2D eigenvalue weighted by molar-refractivity contribution is 0.769. The van der Waals surface area contributed by atoms with Gasteiger partial charge in [0.15, 0.2) is 5.82 Å². The van der Waals surface area contributed by atoms with Crippen LogP contribution in [0.25, 0.3) is 88.9 Å². The predicted octanol–water partition coefficient (Wildman–Crippen LogP) is 17.1. The second-order valence-electron chi connectivity index (χ2n) is 20.4. The minimum absolute atomic E-state index is 0.534. The molecule has 4 nitrogen and oxygen atoms in total. The summed E-state index contributed by atoms with van der Waals surface area (Å²) in [7, 11) is 0. The van der Waals surface area contributed by atoms with Crippen molar-refractivity contribution < 1.29 is 0 Å². The van der Waals surface area contributed by atoms with Crippen molar-refractivity contribution in [3.05, 3.63) is 324 Å². The van der Waals surface area contributed by atoms with Crippen molar-refractivity contribution in [1.82, 2.24) is 19.1 Å². The van der Waals surface area contributed by atoms with Crippen molar-refractivity contribution in [2.24, 2.45) is 0 Å². The fourth-order valence-corrected chi connectivity index (χ4v) is 13.7. The molecule has 0 saturated heterocycles. The Labute approximate surface area is 440 Å². The summed E-state index contributed by atoms with van der Waals surface area (Å²) in [5.41, 5.74) is 19.2. The molecule has 0 N–H and O–H groups in total. The largest absolute Gasteiger partial charge is 0.294 e. The van der Waals surface area contributed by atoms with Crippen molar-refractivity contribution in [3.63, 3.8) is 0 Å². The van der Waals surface area contributed by atoms with Gasteiger partial charge in [0.2, 0.25) is 0 Å². The molecule has 4 heteroatoms. The van der Waals surface area contributed by atoms with Crippen LogP contribution >= 0.6 is 0 Å². The van der Waals surface area contributed by atoms with Crippen LogP contribution in [0.1, 0.15) is 44.5 Å². The van der Waals surface area contributed by atoms with Gasteiger partial charge in [-0.1, -0.05) is 237 Å². The molecule has 11 aromatic carbocycles. The van der Waals surface area contributed by atoms with E-state index in [1.165, 1.54) is 88.3 Å². The maximum absolute atomic E-state index is 5.59. The molecule has 0 unspecified atom stereocenters. The number of para-hydroxylation sites is 2. The summed E-state index contributed by atoms with van der Waals surface area (Å²) in [5.74, 6) is 2.24. The topological polar surface area (TPSA) is 35.6 Å². The van der Waals surface area contributed by atoms with E-state index in [9.17, 15) is 0 Å². The van der Waals surface area contributed by atoms with Gasteiger partial charge in [-0.15, -0.1) is 0 Å². The summed E-state index contributed by atoms with van der Waals surface area (Å²) in [6.45, 7) is 0. The molecule has 0 atom stereocenters. The van der Waals surface area contributed by atoms with Crippen LogP contribution in [-0.2, 0) is 10.8 Å². The second-order valence-corrected chi connectivity index (χ2v) is 20.4. The highest BCUT2D eigenvalue weighted by Crippen LogP contribution is 2.59. The first-order valence-electron chi connectivity index (χ1n) is 26.2. The molecule has 0 aliphatic heterocycles. The van der Waals surface area contributed by atoms with Crippen molar-refractivity contribution in [2.45, 2.75) is 10.8 Å². The van der Waals surface area contributed by atoms with Gasteiger partial charge in [-0.2, -0.15) is 0 Å². The van der Waals surface area contributed by atoms with E-state index in [0.29, 0.717) is 5.82 Å². The fourth-order valence-electron chi connectivity index (χ4n) is 13.7. The molecular formula is C72H46N4. The number of benzene rings is 11. The van der Waals surface area contributed by atoms with E-state index in [2.05, 4.69) is 288 Å². The Hall–Kier alpha value is -9.90. The third kappa shape index (κ3) is 5.78. The molecule has 354 valence electrons. The monoisotopic (exact) mass is 966 g/mol. The highest BCUT2D eigenvalue weighted by Gasteiger charge is 2.48. The Balaban J connectivity index is 0.988. The van der Waals surface area contributed by atoms with E-state index >= 15 is 0 Å². The van der Waals surface area contributed by atoms with Crippen molar-refractivity contribution in [1.29, 1.82) is 0 Å². The molecule has 0 fully saturated rings. The summed E-state index contributed by atoms with van der Waals surface area (Å²) in [6.07, 6.45) is 0. The van der Waals surface area contributed by atoms with Crippen molar-refractivity contribution >= 4 is 43.6 Å². The van der Waals surface area contributed by atoms with Gasteiger partial charge in [-0.05, 0) is 103 Å². The highest BCUT2D eigenvalue weighted by atomic mass is 15.1. The Morgan fingerprint density at radius 1 is 0.250 bits per heavy atom. The molecule has 16 rings (SSSR count). The number of aromatic nitrogens is 4. The number of nitrogens with zero attached hydrogens (tertiary/aromatic N) is 4. The lowest BCUT2D eigenvalue weighted by Crippen LogP contribution is -2.28. The van der Waals surface area contributed by atoms with E-state index in [0.717, 1.165) is 39.3 Å². The summed E-state index contributed by atoms with van der Waals surface area (Å²) < 4.78 is 4.76.